The molecule has 0 saturated heterocycles. The van der Waals surface area contributed by atoms with E-state index in [2.05, 4.69) is 12.2 Å². The van der Waals surface area contributed by atoms with E-state index < -0.39 is 0 Å². The summed E-state index contributed by atoms with van der Waals surface area (Å²) in [5, 5.41) is 11.9. The van der Waals surface area contributed by atoms with Crippen molar-refractivity contribution >= 4 is 5.91 Å². The Balaban J connectivity index is 4.14. The summed E-state index contributed by atoms with van der Waals surface area (Å²) < 4.78 is 0. The van der Waals surface area contributed by atoms with Crippen molar-refractivity contribution < 1.29 is 9.90 Å². The second-order valence-electron chi connectivity index (χ2n) is 4.23. The highest BCUT2D eigenvalue weighted by molar-refractivity contribution is 5.81. The molecule has 0 aromatic heterocycles. The first-order valence-electron chi connectivity index (χ1n) is 6.22. The zero-order chi connectivity index (χ0) is 12.6. The van der Waals surface area contributed by atoms with Gasteiger partial charge in [-0.2, -0.15) is 0 Å². The fourth-order valence-electron chi connectivity index (χ4n) is 1.79. The van der Waals surface area contributed by atoms with Gasteiger partial charge in [0.1, 0.15) is 0 Å². The maximum absolute atomic E-state index is 11.9. The molecule has 0 fully saturated rings. The molecular weight excluding hydrogens is 204 g/mol. The molecule has 16 heavy (non-hydrogen) atoms. The van der Waals surface area contributed by atoms with Gasteiger partial charge in [0.25, 0.3) is 0 Å². The molecule has 96 valence electrons. The van der Waals surface area contributed by atoms with Crippen LogP contribution < -0.4 is 5.32 Å². The molecular formula is C12H26N2O2. The van der Waals surface area contributed by atoms with Crippen LogP contribution in [0.1, 0.15) is 40.5 Å². The normalized spacial score (nSPS) is 14.9. The van der Waals surface area contributed by atoms with Crippen molar-refractivity contribution in [3.05, 3.63) is 0 Å². The van der Waals surface area contributed by atoms with Crippen LogP contribution in [0.3, 0.4) is 0 Å². The minimum Gasteiger partial charge on any atom is -0.395 e. The smallest absolute Gasteiger partial charge is 0.237 e. The predicted molar refractivity (Wildman–Crippen MR) is 66.3 cm³/mol. The Bertz CT molecular complexity index is 197. The lowest BCUT2D eigenvalue weighted by molar-refractivity contribution is -0.126. The molecule has 0 saturated carbocycles. The summed E-state index contributed by atoms with van der Waals surface area (Å²) in [5.41, 5.74) is 0. The van der Waals surface area contributed by atoms with E-state index in [0.717, 1.165) is 19.4 Å². The van der Waals surface area contributed by atoms with Gasteiger partial charge < -0.3 is 10.4 Å². The van der Waals surface area contributed by atoms with Crippen LogP contribution >= 0.6 is 0 Å². The third-order valence-electron chi connectivity index (χ3n) is 2.83. The fourth-order valence-corrected chi connectivity index (χ4v) is 1.79. The van der Waals surface area contributed by atoms with Crippen LogP contribution in [0.2, 0.25) is 0 Å². The number of aliphatic hydroxyl groups excluding tert-OH is 1. The summed E-state index contributed by atoms with van der Waals surface area (Å²) in [6.07, 6.45) is 2.08. The highest BCUT2D eigenvalue weighted by Gasteiger charge is 2.20. The Morgan fingerprint density at radius 1 is 1.38 bits per heavy atom. The van der Waals surface area contributed by atoms with Crippen LogP contribution in [0.4, 0.5) is 0 Å². The summed E-state index contributed by atoms with van der Waals surface area (Å²) in [7, 11) is 0. The molecule has 0 radical (unpaired) electrons. The number of carbonyl (C=O) groups is 1. The third-order valence-corrected chi connectivity index (χ3v) is 2.83. The van der Waals surface area contributed by atoms with E-state index >= 15 is 0 Å². The van der Waals surface area contributed by atoms with Gasteiger partial charge in [0.2, 0.25) is 5.91 Å². The number of hydrogen-bond donors (Lipinski definition) is 2. The van der Waals surface area contributed by atoms with E-state index in [1.54, 1.807) is 0 Å². The quantitative estimate of drug-likeness (QED) is 0.654. The number of aliphatic hydroxyl groups is 1. The largest absolute Gasteiger partial charge is 0.395 e. The Hall–Kier alpha value is -0.610. The molecule has 0 aromatic rings. The number of nitrogens with one attached hydrogen (secondary N) is 1. The molecule has 4 heteroatoms. The monoisotopic (exact) mass is 230 g/mol. The molecule has 0 rings (SSSR count). The van der Waals surface area contributed by atoms with Crippen LogP contribution in [-0.4, -0.2) is 47.7 Å². The summed E-state index contributed by atoms with van der Waals surface area (Å²) in [6, 6.07) is 0.0595. The van der Waals surface area contributed by atoms with Crippen molar-refractivity contribution in [3.8, 4) is 0 Å². The molecule has 2 N–H and O–H groups in total. The summed E-state index contributed by atoms with van der Waals surface area (Å²) in [6.45, 7) is 9.43. The number of amides is 1. The molecule has 0 spiro atoms. The second-order valence-corrected chi connectivity index (χ2v) is 4.23. The lowest BCUT2D eigenvalue weighted by Gasteiger charge is -2.27. The lowest BCUT2D eigenvalue weighted by Crippen LogP contribution is -2.48. The van der Waals surface area contributed by atoms with Crippen molar-refractivity contribution in [2.75, 3.05) is 19.7 Å². The van der Waals surface area contributed by atoms with Crippen molar-refractivity contribution in [3.63, 3.8) is 0 Å². The van der Waals surface area contributed by atoms with Crippen molar-refractivity contribution in [1.82, 2.24) is 10.2 Å². The first kappa shape index (κ1) is 15.4. The van der Waals surface area contributed by atoms with E-state index in [9.17, 15) is 4.79 Å². The molecule has 0 aliphatic carbocycles. The maximum atomic E-state index is 11.9. The number of hydrogen-bond acceptors (Lipinski definition) is 3. The number of rotatable bonds is 8. The van der Waals surface area contributed by atoms with Gasteiger partial charge >= 0.3 is 0 Å². The first-order chi connectivity index (χ1) is 7.56. The highest BCUT2D eigenvalue weighted by atomic mass is 16.3. The molecule has 4 nitrogen and oxygen atoms in total. The van der Waals surface area contributed by atoms with Crippen LogP contribution in [-0.2, 0) is 4.79 Å². The first-order valence-corrected chi connectivity index (χ1v) is 6.22. The second kappa shape index (κ2) is 8.53. The summed E-state index contributed by atoms with van der Waals surface area (Å²) in [4.78, 5) is 13.8. The average Bonchev–Trinajstić information content (AvgIpc) is 2.25. The molecule has 1 amide bonds. The van der Waals surface area contributed by atoms with Gasteiger partial charge in [-0.1, -0.05) is 20.3 Å². The van der Waals surface area contributed by atoms with Gasteiger partial charge in [-0.05, 0) is 26.8 Å². The molecule has 0 heterocycles. The SMILES string of the molecule is CCCC(C)NC(=O)C(C)N(CC)CCO. The molecule has 0 aliphatic rings. The molecule has 0 aromatic carbocycles. The molecule has 2 unspecified atom stereocenters. The zero-order valence-corrected chi connectivity index (χ0v) is 11.0. The molecule has 2 atom stereocenters. The van der Waals surface area contributed by atoms with E-state index in [1.165, 1.54) is 0 Å². The van der Waals surface area contributed by atoms with Crippen molar-refractivity contribution in [1.29, 1.82) is 0 Å². The van der Waals surface area contributed by atoms with Gasteiger partial charge in [0, 0.05) is 12.6 Å². The van der Waals surface area contributed by atoms with Gasteiger partial charge in [0.15, 0.2) is 0 Å². The van der Waals surface area contributed by atoms with Crippen LogP contribution in [0.5, 0.6) is 0 Å². The van der Waals surface area contributed by atoms with Crippen molar-refractivity contribution in [2.45, 2.75) is 52.6 Å². The number of likely N-dealkylation sites (N-methyl/N-ethyl adjacent to an activating group) is 1. The minimum absolute atomic E-state index is 0.0521. The predicted octanol–water partition coefficient (Wildman–Crippen LogP) is 0.994. The average molecular weight is 230 g/mol. The maximum Gasteiger partial charge on any atom is 0.237 e. The zero-order valence-electron chi connectivity index (χ0n) is 11.0. The molecule has 0 bridgehead atoms. The van der Waals surface area contributed by atoms with Gasteiger partial charge in [0.05, 0.1) is 12.6 Å². The van der Waals surface area contributed by atoms with Crippen molar-refractivity contribution in [2.24, 2.45) is 0 Å². The van der Waals surface area contributed by atoms with E-state index in [0.29, 0.717) is 6.54 Å². The van der Waals surface area contributed by atoms with Crippen LogP contribution in [0.15, 0.2) is 0 Å². The van der Waals surface area contributed by atoms with Gasteiger partial charge in [-0.25, -0.2) is 0 Å². The Labute approximate surface area is 99.0 Å². The minimum atomic E-state index is -0.170. The fraction of sp³-hybridized carbons (Fsp3) is 0.917. The lowest BCUT2D eigenvalue weighted by atomic mass is 10.1. The van der Waals surface area contributed by atoms with Crippen LogP contribution in [0.25, 0.3) is 0 Å². The standard InChI is InChI=1S/C12H26N2O2/c1-5-7-10(3)13-12(16)11(4)14(6-2)8-9-15/h10-11,15H,5-9H2,1-4H3,(H,13,16). The van der Waals surface area contributed by atoms with E-state index in [1.807, 2.05) is 25.7 Å². The Morgan fingerprint density at radius 2 is 2.00 bits per heavy atom. The number of nitrogens with zero attached hydrogens (tertiary/aromatic N) is 1. The summed E-state index contributed by atoms with van der Waals surface area (Å²) >= 11 is 0. The topological polar surface area (TPSA) is 52.6 Å². The van der Waals surface area contributed by atoms with E-state index in [-0.39, 0.29) is 24.6 Å². The van der Waals surface area contributed by atoms with E-state index in [4.69, 9.17) is 5.11 Å². The van der Waals surface area contributed by atoms with Gasteiger partial charge in [-0.15, -0.1) is 0 Å². The van der Waals surface area contributed by atoms with Gasteiger partial charge in [-0.3, -0.25) is 9.69 Å². The Kier molecular flexibility index (Phi) is 8.21. The third kappa shape index (κ3) is 5.47. The van der Waals surface area contributed by atoms with Crippen LogP contribution in [0, 0.1) is 0 Å². The highest BCUT2D eigenvalue weighted by Crippen LogP contribution is 2.01. The Morgan fingerprint density at radius 3 is 2.44 bits per heavy atom. The molecule has 0 aliphatic heterocycles. The summed E-state index contributed by atoms with van der Waals surface area (Å²) in [5.74, 6) is 0.0521. The number of carbonyl (C=O) groups excluding carboxylic acids is 1.